The number of unbranched alkanes of at least 4 members (excludes halogenated alkanes) is 18. The molecule has 0 saturated heterocycles. The van der Waals surface area contributed by atoms with Crippen molar-refractivity contribution in [2.45, 2.75) is 212 Å². The van der Waals surface area contributed by atoms with E-state index in [0.717, 1.165) is 64.2 Å². The maximum absolute atomic E-state index is 13.1. The molecule has 0 heterocycles. The van der Waals surface area contributed by atoms with Gasteiger partial charge in [-0.3, -0.25) is 9.59 Å². The van der Waals surface area contributed by atoms with Crippen molar-refractivity contribution in [3.05, 3.63) is 60.8 Å². The van der Waals surface area contributed by atoms with Gasteiger partial charge in [0.25, 0.3) is 0 Å². The first-order chi connectivity index (χ1) is 25.5. The Morgan fingerprint density at radius 1 is 0.577 bits per heavy atom. The Balaban J connectivity index is 4.72. The van der Waals surface area contributed by atoms with Crippen molar-refractivity contribution in [3.8, 4) is 0 Å². The van der Waals surface area contributed by atoms with E-state index in [-0.39, 0.29) is 24.9 Å². The minimum atomic E-state index is -0.804. The summed E-state index contributed by atoms with van der Waals surface area (Å²) in [5.74, 6) is -0.560. The molecule has 6 nitrogen and oxygen atoms in total. The van der Waals surface area contributed by atoms with Crippen molar-refractivity contribution in [2.24, 2.45) is 0 Å². The van der Waals surface area contributed by atoms with Crippen molar-refractivity contribution >= 4 is 11.9 Å². The van der Waals surface area contributed by atoms with E-state index in [0.29, 0.717) is 19.3 Å². The van der Waals surface area contributed by atoms with E-state index in [4.69, 9.17) is 4.74 Å². The zero-order valence-electron chi connectivity index (χ0n) is 33.9. The molecule has 3 atom stereocenters. The fraction of sp³-hybridized carbons (Fsp3) is 0.739. The van der Waals surface area contributed by atoms with Crippen LogP contribution in [0.3, 0.4) is 0 Å². The predicted octanol–water partition coefficient (Wildman–Crippen LogP) is 12.1. The van der Waals surface area contributed by atoms with Crippen LogP contribution in [0.1, 0.15) is 194 Å². The van der Waals surface area contributed by atoms with Gasteiger partial charge in [-0.25, -0.2) is 0 Å². The molecular weight excluding hydrogens is 647 g/mol. The minimum absolute atomic E-state index is 0.0267. The molecule has 3 N–H and O–H groups in total. The van der Waals surface area contributed by atoms with Crippen LogP contribution in [0.5, 0.6) is 0 Å². The van der Waals surface area contributed by atoms with Gasteiger partial charge in [0.2, 0.25) is 5.91 Å². The highest BCUT2D eigenvalue weighted by atomic mass is 16.5. The lowest BCUT2D eigenvalue weighted by molar-refractivity contribution is -0.151. The first-order valence-electron chi connectivity index (χ1n) is 21.6. The molecule has 0 aliphatic carbocycles. The van der Waals surface area contributed by atoms with Crippen LogP contribution < -0.4 is 5.32 Å². The standard InChI is InChI=1S/C46H81NO5/c1-4-7-10-13-16-19-22-24-27-30-33-36-39-46(51)52-42(37-34-31-28-25-23-20-17-14-11-8-5-2)40-45(50)47-43(41-48)44(49)38-35-32-29-26-21-18-15-12-9-6-3/h8,11,14,16-17,19-20,23,25,28,42-44,48-49H,4-7,9-10,12-13,15,18,21-22,24,26-27,29-41H2,1-3H3,(H,47,50)/b11-8+,17-14+,19-16-,23-20-,28-25-. The Hall–Kier alpha value is -2.44. The number of aliphatic hydroxyl groups is 2. The number of carbonyl (C=O) groups excluding carboxylic acids is 2. The van der Waals surface area contributed by atoms with Crippen LogP contribution in [-0.2, 0) is 14.3 Å². The van der Waals surface area contributed by atoms with Gasteiger partial charge in [0.05, 0.1) is 25.2 Å². The molecule has 0 aromatic carbocycles. The third kappa shape index (κ3) is 34.6. The normalized spacial score (nSPS) is 14.0. The largest absolute Gasteiger partial charge is 0.462 e. The molecule has 0 bridgehead atoms. The minimum Gasteiger partial charge on any atom is -0.462 e. The number of hydrogen-bond donors (Lipinski definition) is 3. The molecular formula is C46H81NO5. The predicted molar refractivity (Wildman–Crippen MR) is 222 cm³/mol. The number of hydrogen-bond acceptors (Lipinski definition) is 5. The fourth-order valence-electron chi connectivity index (χ4n) is 6.14. The lowest BCUT2D eigenvalue weighted by Gasteiger charge is -2.24. The highest BCUT2D eigenvalue weighted by Gasteiger charge is 2.23. The third-order valence-corrected chi connectivity index (χ3v) is 9.43. The van der Waals surface area contributed by atoms with Crippen molar-refractivity contribution < 1.29 is 24.5 Å². The van der Waals surface area contributed by atoms with Gasteiger partial charge in [0, 0.05) is 6.42 Å². The first kappa shape index (κ1) is 49.6. The molecule has 0 aliphatic rings. The lowest BCUT2D eigenvalue weighted by atomic mass is 10.0. The van der Waals surface area contributed by atoms with E-state index < -0.39 is 18.2 Å². The van der Waals surface area contributed by atoms with Gasteiger partial charge in [-0.15, -0.1) is 0 Å². The summed E-state index contributed by atoms with van der Waals surface area (Å²) in [5, 5.41) is 23.5. The Morgan fingerprint density at radius 3 is 1.69 bits per heavy atom. The van der Waals surface area contributed by atoms with E-state index in [9.17, 15) is 19.8 Å². The maximum Gasteiger partial charge on any atom is 0.306 e. The average molecular weight is 728 g/mol. The Labute approximate surface area is 320 Å². The maximum atomic E-state index is 13.1. The molecule has 0 saturated carbocycles. The summed E-state index contributed by atoms with van der Waals surface area (Å²) in [4.78, 5) is 25.9. The number of allylic oxidation sites excluding steroid dienone is 10. The highest BCUT2D eigenvalue weighted by Crippen LogP contribution is 2.16. The number of esters is 1. The molecule has 52 heavy (non-hydrogen) atoms. The molecule has 300 valence electrons. The number of aliphatic hydroxyl groups excluding tert-OH is 2. The van der Waals surface area contributed by atoms with Gasteiger partial charge in [-0.2, -0.15) is 0 Å². The third-order valence-electron chi connectivity index (χ3n) is 9.43. The molecule has 0 aliphatic heterocycles. The van der Waals surface area contributed by atoms with Gasteiger partial charge >= 0.3 is 5.97 Å². The number of amides is 1. The summed E-state index contributed by atoms with van der Waals surface area (Å²) in [6, 6.07) is -0.722. The second kappa shape index (κ2) is 39.8. The molecule has 3 unspecified atom stereocenters. The quantitative estimate of drug-likeness (QED) is 0.0256. The summed E-state index contributed by atoms with van der Waals surface area (Å²) in [6.07, 6.45) is 47.1. The van der Waals surface area contributed by atoms with Crippen molar-refractivity contribution in [2.75, 3.05) is 6.61 Å². The molecule has 0 spiro atoms. The summed E-state index contributed by atoms with van der Waals surface area (Å²) in [6.45, 7) is 6.25. The van der Waals surface area contributed by atoms with Gasteiger partial charge < -0.3 is 20.3 Å². The average Bonchev–Trinajstić information content (AvgIpc) is 3.13. The molecule has 0 aromatic rings. The SMILES string of the molecule is CC/C=C/C=C/C=C\C=C/CCCC(CC(=O)NC(CO)C(O)CCCCCCCCCCCC)OC(=O)CCCCCCC/C=C\CCCCC. The number of rotatable bonds is 37. The van der Waals surface area contributed by atoms with Crippen molar-refractivity contribution in [1.82, 2.24) is 5.32 Å². The smallest absolute Gasteiger partial charge is 0.306 e. The molecule has 0 radical (unpaired) electrons. The first-order valence-corrected chi connectivity index (χ1v) is 21.6. The Bertz CT molecular complexity index is 952. The number of ether oxygens (including phenoxy) is 1. The summed E-state index contributed by atoms with van der Waals surface area (Å²) in [7, 11) is 0. The molecule has 6 heteroatoms. The van der Waals surface area contributed by atoms with Crippen LogP contribution in [-0.4, -0.2) is 46.9 Å². The van der Waals surface area contributed by atoms with Gasteiger partial charge in [-0.1, -0.05) is 178 Å². The summed E-state index contributed by atoms with van der Waals surface area (Å²) < 4.78 is 5.84. The van der Waals surface area contributed by atoms with Crippen LogP contribution in [0.15, 0.2) is 60.8 Å². The van der Waals surface area contributed by atoms with Gasteiger partial charge in [0.1, 0.15) is 6.10 Å². The number of carbonyl (C=O) groups is 2. The van der Waals surface area contributed by atoms with E-state index in [1.54, 1.807) is 0 Å². The molecule has 1 amide bonds. The second-order valence-corrected chi connectivity index (χ2v) is 14.4. The Kier molecular flexibility index (Phi) is 37.9. The van der Waals surface area contributed by atoms with Gasteiger partial charge in [0.15, 0.2) is 0 Å². The highest BCUT2D eigenvalue weighted by molar-refractivity contribution is 5.77. The molecule has 0 rings (SSSR count). The van der Waals surface area contributed by atoms with E-state index in [2.05, 4.69) is 50.4 Å². The van der Waals surface area contributed by atoms with Crippen LogP contribution in [0.4, 0.5) is 0 Å². The Morgan fingerprint density at radius 2 is 1.08 bits per heavy atom. The lowest BCUT2D eigenvalue weighted by Crippen LogP contribution is -2.46. The zero-order valence-corrected chi connectivity index (χ0v) is 33.9. The van der Waals surface area contributed by atoms with Crippen LogP contribution in [0.2, 0.25) is 0 Å². The van der Waals surface area contributed by atoms with Crippen LogP contribution in [0, 0.1) is 0 Å². The second-order valence-electron chi connectivity index (χ2n) is 14.4. The fourth-order valence-corrected chi connectivity index (χ4v) is 6.14. The van der Waals surface area contributed by atoms with Crippen LogP contribution in [0.25, 0.3) is 0 Å². The summed E-state index contributed by atoms with van der Waals surface area (Å²) >= 11 is 0. The van der Waals surface area contributed by atoms with E-state index >= 15 is 0 Å². The van der Waals surface area contributed by atoms with Crippen molar-refractivity contribution in [1.29, 1.82) is 0 Å². The van der Waals surface area contributed by atoms with Gasteiger partial charge in [-0.05, 0) is 64.2 Å². The number of nitrogens with one attached hydrogen (secondary N) is 1. The monoisotopic (exact) mass is 728 g/mol. The summed E-state index contributed by atoms with van der Waals surface area (Å²) in [5.41, 5.74) is 0. The van der Waals surface area contributed by atoms with E-state index in [1.807, 2.05) is 36.5 Å². The zero-order chi connectivity index (χ0) is 38.2. The van der Waals surface area contributed by atoms with E-state index in [1.165, 1.54) is 83.5 Å². The molecule has 0 aromatic heterocycles. The van der Waals surface area contributed by atoms with Crippen LogP contribution >= 0.6 is 0 Å². The topological polar surface area (TPSA) is 95.9 Å². The molecule has 0 fully saturated rings. The van der Waals surface area contributed by atoms with Crippen molar-refractivity contribution in [3.63, 3.8) is 0 Å².